The van der Waals surface area contributed by atoms with Crippen LogP contribution in [0.3, 0.4) is 0 Å². The summed E-state index contributed by atoms with van der Waals surface area (Å²) in [6, 6.07) is 8.39. The molecule has 10 nitrogen and oxygen atoms in total. The maximum atomic E-state index is 11.0. The van der Waals surface area contributed by atoms with Gasteiger partial charge in [0.15, 0.2) is 5.82 Å². The molecule has 4 heterocycles. The molecule has 1 atom stereocenters. The standard InChI is InChI=1S/C25H26N8O2/c26-24-27-13-18(14-28-24)17-4-6-20(7-5-17)25(8-2-9-25)23-30-22(35-31-23)19-15-29-33(16-19)21-3-1-10-32(21)11-12-34/h4-7,12-16,21H,1-3,8-11H2,(H2,26,27,28). The molecule has 1 saturated heterocycles. The number of aromatic nitrogens is 6. The lowest BCUT2D eigenvalue weighted by Gasteiger charge is -2.39. The molecule has 1 saturated carbocycles. The SMILES string of the molecule is Nc1ncc(-c2ccc(C3(c4noc(-c5cnn(C6CCCN6CC=O)c5)n4)CCC3)cc2)cn1. The molecule has 2 aliphatic rings. The molecule has 3 aromatic heterocycles. The van der Waals surface area contributed by atoms with E-state index < -0.39 is 0 Å². The van der Waals surface area contributed by atoms with Crippen molar-refractivity contribution in [1.82, 2.24) is 34.8 Å². The number of benzene rings is 1. The summed E-state index contributed by atoms with van der Waals surface area (Å²) in [7, 11) is 0. The van der Waals surface area contributed by atoms with E-state index in [-0.39, 0.29) is 17.5 Å². The highest BCUT2D eigenvalue weighted by Gasteiger charge is 2.44. The molecule has 178 valence electrons. The summed E-state index contributed by atoms with van der Waals surface area (Å²) in [5, 5.41) is 8.92. The highest BCUT2D eigenvalue weighted by Crippen LogP contribution is 2.48. The van der Waals surface area contributed by atoms with E-state index in [1.165, 1.54) is 5.56 Å². The average molecular weight is 471 g/mol. The number of rotatable bonds is 7. The predicted octanol–water partition coefficient (Wildman–Crippen LogP) is 3.24. The van der Waals surface area contributed by atoms with Crippen molar-refractivity contribution < 1.29 is 9.32 Å². The van der Waals surface area contributed by atoms with Crippen LogP contribution >= 0.6 is 0 Å². The van der Waals surface area contributed by atoms with Crippen LogP contribution < -0.4 is 5.73 Å². The number of likely N-dealkylation sites (tertiary alicyclic amines) is 1. The van der Waals surface area contributed by atoms with E-state index in [1.54, 1.807) is 18.6 Å². The summed E-state index contributed by atoms with van der Waals surface area (Å²) < 4.78 is 7.59. The number of nitrogens with zero attached hydrogens (tertiary/aromatic N) is 7. The first kappa shape index (κ1) is 21.6. The number of nitrogens with two attached hydrogens (primary N) is 1. The summed E-state index contributed by atoms with van der Waals surface area (Å²) >= 11 is 0. The second-order valence-corrected chi connectivity index (χ2v) is 9.26. The second kappa shape index (κ2) is 8.70. The van der Waals surface area contributed by atoms with E-state index in [2.05, 4.69) is 49.4 Å². The quantitative estimate of drug-likeness (QED) is 0.405. The fourth-order valence-electron chi connectivity index (χ4n) is 5.20. The van der Waals surface area contributed by atoms with Crippen LogP contribution in [0.25, 0.3) is 22.6 Å². The van der Waals surface area contributed by atoms with Crippen molar-refractivity contribution in [2.75, 3.05) is 18.8 Å². The van der Waals surface area contributed by atoms with Gasteiger partial charge in [0.05, 0.1) is 23.7 Å². The normalized spacial score (nSPS) is 19.5. The number of anilines is 1. The van der Waals surface area contributed by atoms with E-state index in [4.69, 9.17) is 15.2 Å². The number of aldehydes is 1. The van der Waals surface area contributed by atoms with E-state index in [0.29, 0.717) is 18.3 Å². The Balaban J connectivity index is 1.24. The predicted molar refractivity (Wildman–Crippen MR) is 128 cm³/mol. The van der Waals surface area contributed by atoms with Crippen molar-refractivity contribution >= 4 is 12.2 Å². The maximum absolute atomic E-state index is 11.0. The molecule has 10 heteroatoms. The molecule has 4 aromatic rings. The molecular weight excluding hydrogens is 444 g/mol. The monoisotopic (exact) mass is 470 g/mol. The Morgan fingerprint density at radius 1 is 1.06 bits per heavy atom. The fourth-order valence-corrected chi connectivity index (χ4v) is 5.20. The zero-order chi connectivity index (χ0) is 23.8. The summed E-state index contributed by atoms with van der Waals surface area (Å²) in [4.78, 5) is 26.1. The second-order valence-electron chi connectivity index (χ2n) is 9.26. The van der Waals surface area contributed by atoms with Gasteiger partial charge in [0.2, 0.25) is 5.95 Å². The number of hydrogen-bond donors (Lipinski definition) is 1. The summed E-state index contributed by atoms with van der Waals surface area (Å²) in [5.74, 6) is 1.44. The third-order valence-corrected chi connectivity index (χ3v) is 7.30. The molecule has 0 bridgehead atoms. The van der Waals surface area contributed by atoms with Crippen LogP contribution in [0, 0.1) is 0 Å². The maximum Gasteiger partial charge on any atom is 0.261 e. The van der Waals surface area contributed by atoms with Gasteiger partial charge in [-0.2, -0.15) is 10.1 Å². The molecule has 0 radical (unpaired) electrons. The third-order valence-electron chi connectivity index (χ3n) is 7.30. The lowest BCUT2D eigenvalue weighted by atomic mass is 9.64. The molecule has 6 rings (SSSR count). The average Bonchev–Trinajstić information content (AvgIpc) is 3.61. The Bertz CT molecular complexity index is 1320. The molecule has 1 aliphatic carbocycles. The zero-order valence-electron chi connectivity index (χ0n) is 19.2. The van der Waals surface area contributed by atoms with Gasteiger partial charge in [-0.1, -0.05) is 35.8 Å². The molecule has 1 aliphatic heterocycles. The van der Waals surface area contributed by atoms with E-state index in [1.807, 2.05) is 10.9 Å². The zero-order valence-corrected chi connectivity index (χ0v) is 19.2. The van der Waals surface area contributed by atoms with Gasteiger partial charge >= 0.3 is 0 Å². The number of carbonyl (C=O) groups excluding carboxylic acids is 1. The van der Waals surface area contributed by atoms with E-state index in [9.17, 15) is 4.79 Å². The van der Waals surface area contributed by atoms with Crippen molar-refractivity contribution in [3.05, 3.63) is 60.4 Å². The van der Waals surface area contributed by atoms with Crippen molar-refractivity contribution in [1.29, 1.82) is 0 Å². The van der Waals surface area contributed by atoms with Crippen LogP contribution in [-0.4, -0.2) is 54.2 Å². The Kier molecular flexibility index (Phi) is 5.37. The van der Waals surface area contributed by atoms with Crippen LogP contribution in [0.2, 0.25) is 0 Å². The number of nitrogen functional groups attached to an aromatic ring is 1. The van der Waals surface area contributed by atoms with Crippen LogP contribution in [0.5, 0.6) is 0 Å². The van der Waals surface area contributed by atoms with E-state index in [0.717, 1.165) is 61.6 Å². The van der Waals surface area contributed by atoms with Crippen LogP contribution in [0.1, 0.15) is 49.7 Å². The van der Waals surface area contributed by atoms with Crippen LogP contribution in [-0.2, 0) is 10.2 Å². The first-order chi connectivity index (χ1) is 17.2. The van der Waals surface area contributed by atoms with Crippen molar-refractivity contribution in [3.8, 4) is 22.6 Å². The van der Waals surface area contributed by atoms with Gasteiger partial charge in [-0.3, -0.25) is 9.58 Å². The molecule has 0 amide bonds. The lowest BCUT2D eigenvalue weighted by Crippen LogP contribution is -2.36. The van der Waals surface area contributed by atoms with Crippen molar-refractivity contribution in [3.63, 3.8) is 0 Å². The van der Waals surface area contributed by atoms with Gasteiger partial charge in [-0.05, 0) is 36.8 Å². The smallest absolute Gasteiger partial charge is 0.261 e. The van der Waals surface area contributed by atoms with E-state index >= 15 is 0 Å². The van der Waals surface area contributed by atoms with Gasteiger partial charge in [0.1, 0.15) is 12.5 Å². The van der Waals surface area contributed by atoms with Gasteiger partial charge in [0.25, 0.3) is 5.89 Å². The third kappa shape index (κ3) is 3.79. The van der Waals surface area contributed by atoms with Crippen molar-refractivity contribution in [2.45, 2.75) is 43.7 Å². The van der Waals surface area contributed by atoms with Crippen LogP contribution in [0.4, 0.5) is 5.95 Å². The minimum atomic E-state index is -0.250. The molecule has 0 spiro atoms. The molecule has 2 fully saturated rings. The number of hydrogen-bond acceptors (Lipinski definition) is 9. The van der Waals surface area contributed by atoms with Gasteiger partial charge in [0, 0.05) is 30.7 Å². The molecule has 2 N–H and O–H groups in total. The Morgan fingerprint density at radius 3 is 2.57 bits per heavy atom. The Labute approximate surface area is 202 Å². The summed E-state index contributed by atoms with van der Waals surface area (Å²) in [5.41, 5.74) is 9.26. The molecule has 35 heavy (non-hydrogen) atoms. The summed E-state index contributed by atoms with van der Waals surface area (Å²) in [6.07, 6.45) is 13.2. The lowest BCUT2D eigenvalue weighted by molar-refractivity contribution is -0.109. The van der Waals surface area contributed by atoms with Gasteiger partial charge in [-0.25, -0.2) is 9.97 Å². The highest BCUT2D eigenvalue weighted by molar-refractivity contribution is 5.63. The minimum Gasteiger partial charge on any atom is -0.368 e. The Morgan fingerprint density at radius 2 is 1.86 bits per heavy atom. The van der Waals surface area contributed by atoms with Crippen LogP contribution in [0.15, 0.2) is 53.6 Å². The topological polar surface area (TPSA) is 129 Å². The minimum absolute atomic E-state index is 0.0827. The largest absolute Gasteiger partial charge is 0.368 e. The fraction of sp³-hybridized carbons (Fsp3) is 0.360. The molecule has 1 aromatic carbocycles. The molecule has 1 unspecified atom stereocenters. The highest BCUT2D eigenvalue weighted by atomic mass is 16.5. The number of carbonyl (C=O) groups is 1. The van der Waals surface area contributed by atoms with Gasteiger partial charge < -0.3 is 15.1 Å². The van der Waals surface area contributed by atoms with Gasteiger partial charge in [-0.15, -0.1) is 0 Å². The Hall–Kier alpha value is -3.92. The van der Waals surface area contributed by atoms with Crippen molar-refractivity contribution in [2.24, 2.45) is 0 Å². The first-order valence-electron chi connectivity index (χ1n) is 11.9. The molecular formula is C25H26N8O2. The summed E-state index contributed by atoms with van der Waals surface area (Å²) in [6.45, 7) is 1.31. The first-order valence-corrected chi connectivity index (χ1v) is 11.9.